The van der Waals surface area contributed by atoms with Crippen LogP contribution in [-0.4, -0.2) is 27.5 Å². The van der Waals surface area contributed by atoms with Crippen LogP contribution in [0.5, 0.6) is 0 Å². The van der Waals surface area contributed by atoms with Gasteiger partial charge in [0.2, 0.25) is 0 Å². The number of hydrogen-bond acceptors (Lipinski definition) is 2. The Bertz CT molecular complexity index is 888. The Morgan fingerprint density at radius 3 is 2.78 bits per heavy atom. The number of aryl methyl sites for hydroxylation is 1. The summed E-state index contributed by atoms with van der Waals surface area (Å²) in [6, 6.07) is 17.4. The normalized spacial score (nSPS) is 17.9. The fourth-order valence-electron chi connectivity index (χ4n) is 4.10. The molecule has 1 atom stereocenters. The second-order valence-electron chi connectivity index (χ2n) is 7.57. The summed E-state index contributed by atoms with van der Waals surface area (Å²) in [6.45, 7) is 6.06. The molecule has 3 nitrogen and oxygen atoms in total. The second-order valence-corrected chi connectivity index (χ2v) is 7.57. The summed E-state index contributed by atoms with van der Waals surface area (Å²) < 4.78 is 15.8. The first-order valence-corrected chi connectivity index (χ1v) is 9.73. The molecule has 27 heavy (non-hydrogen) atoms. The minimum Gasteiger partial charge on any atom is -0.328 e. The van der Waals surface area contributed by atoms with Crippen molar-refractivity contribution in [3.8, 4) is 11.4 Å². The lowest BCUT2D eigenvalue weighted by atomic mass is 9.97. The molecule has 140 valence electrons. The molecule has 2 heterocycles. The van der Waals surface area contributed by atoms with Crippen molar-refractivity contribution < 1.29 is 4.39 Å². The summed E-state index contributed by atoms with van der Waals surface area (Å²) in [4.78, 5) is 7.11. The summed E-state index contributed by atoms with van der Waals surface area (Å²) in [5.41, 5.74) is 3.42. The molecule has 1 aromatic heterocycles. The van der Waals surface area contributed by atoms with Crippen LogP contribution in [0.25, 0.3) is 11.4 Å². The maximum absolute atomic E-state index is 13.5. The van der Waals surface area contributed by atoms with Gasteiger partial charge in [0.1, 0.15) is 11.6 Å². The Morgan fingerprint density at radius 2 is 1.96 bits per heavy atom. The third-order valence-electron chi connectivity index (χ3n) is 5.43. The van der Waals surface area contributed by atoms with E-state index in [2.05, 4.69) is 45.6 Å². The predicted molar refractivity (Wildman–Crippen MR) is 107 cm³/mol. The minimum absolute atomic E-state index is 0.150. The molecule has 0 aliphatic carbocycles. The Hall–Kier alpha value is -2.46. The molecule has 0 saturated carbocycles. The van der Waals surface area contributed by atoms with Crippen molar-refractivity contribution in [2.45, 2.75) is 32.9 Å². The highest BCUT2D eigenvalue weighted by atomic mass is 19.1. The smallest absolute Gasteiger partial charge is 0.140 e. The van der Waals surface area contributed by atoms with Gasteiger partial charge in [0.05, 0.1) is 0 Å². The van der Waals surface area contributed by atoms with Crippen LogP contribution < -0.4 is 0 Å². The standard InChI is InChI=1S/C23H26FN3/c1-18-14-25-23(21-9-3-2-4-10-21)27(18)17-20-8-6-12-26(16-20)15-19-7-5-11-22(24)13-19/h2-5,7,9-11,13-14,20H,6,8,12,15-17H2,1H3/t20-/m0/s1. The zero-order valence-corrected chi connectivity index (χ0v) is 15.8. The average molecular weight is 363 g/mol. The molecule has 0 N–H and O–H groups in total. The minimum atomic E-state index is -0.150. The number of imidazole rings is 1. The third kappa shape index (κ3) is 4.28. The van der Waals surface area contributed by atoms with Crippen molar-refractivity contribution in [1.29, 1.82) is 0 Å². The van der Waals surface area contributed by atoms with E-state index < -0.39 is 0 Å². The average Bonchev–Trinajstić information content (AvgIpc) is 3.03. The van der Waals surface area contributed by atoms with E-state index in [1.54, 1.807) is 12.1 Å². The van der Waals surface area contributed by atoms with Gasteiger partial charge < -0.3 is 4.57 Å². The number of halogens is 1. The van der Waals surface area contributed by atoms with Crippen LogP contribution in [0.3, 0.4) is 0 Å². The van der Waals surface area contributed by atoms with Crippen LogP contribution >= 0.6 is 0 Å². The van der Waals surface area contributed by atoms with Crippen molar-refractivity contribution >= 4 is 0 Å². The van der Waals surface area contributed by atoms with E-state index in [0.29, 0.717) is 5.92 Å². The van der Waals surface area contributed by atoms with Gasteiger partial charge in [-0.15, -0.1) is 0 Å². The number of piperidine rings is 1. The largest absolute Gasteiger partial charge is 0.328 e. The lowest BCUT2D eigenvalue weighted by molar-refractivity contribution is 0.156. The van der Waals surface area contributed by atoms with Crippen LogP contribution in [0, 0.1) is 18.7 Å². The maximum atomic E-state index is 13.5. The monoisotopic (exact) mass is 363 g/mol. The van der Waals surface area contributed by atoms with E-state index in [-0.39, 0.29) is 5.82 Å². The lowest BCUT2D eigenvalue weighted by Crippen LogP contribution is -2.36. The summed E-state index contributed by atoms with van der Waals surface area (Å²) in [7, 11) is 0. The highest BCUT2D eigenvalue weighted by Crippen LogP contribution is 2.25. The Balaban J connectivity index is 1.46. The fraction of sp³-hybridized carbons (Fsp3) is 0.348. The first kappa shape index (κ1) is 17.9. The number of likely N-dealkylation sites (tertiary alicyclic amines) is 1. The van der Waals surface area contributed by atoms with Crippen LogP contribution in [0.4, 0.5) is 4.39 Å². The van der Waals surface area contributed by atoms with Gasteiger partial charge in [0.25, 0.3) is 0 Å². The van der Waals surface area contributed by atoms with Gasteiger partial charge >= 0.3 is 0 Å². The van der Waals surface area contributed by atoms with E-state index in [1.165, 1.54) is 24.6 Å². The van der Waals surface area contributed by atoms with E-state index in [4.69, 9.17) is 0 Å². The predicted octanol–water partition coefficient (Wildman–Crippen LogP) is 4.91. The first-order valence-electron chi connectivity index (χ1n) is 9.73. The molecule has 1 saturated heterocycles. The number of benzene rings is 2. The molecule has 0 radical (unpaired) electrons. The van der Waals surface area contributed by atoms with Crippen molar-refractivity contribution in [3.05, 3.63) is 77.9 Å². The third-order valence-corrected chi connectivity index (χ3v) is 5.43. The van der Waals surface area contributed by atoms with Crippen LogP contribution in [0.1, 0.15) is 24.1 Å². The van der Waals surface area contributed by atoms with Gasteiger partial charge in [0, 0.05) is 37.1 Å². The molecule has 0 spiro atoms. The van der Waals surface area contributed by atoms with Gasteiger partial charge in [-0.05, 0) is 49.9 Å². The van der Waals surface area contributed by atoms with E-state index >= 15 is 0 Å². The Morgan fingerprint density at radius 1 is 1.11 bits per heavy atom. The van der Waals surface area contributed by atoms with Gasteiger partial charge in [-0.25, -0.2) is 9.37 Å². The molecule has 0 unspecified atom stereocenters. The zero-order valence-electron chi connectivity index (χ0n) is 15.8. The molecule has 4 rings (SSSR count). The topological polar surface area (TPSA) is 21.1 Å². The van der Waals surface area contributed by atoms with Gasteiger partial charge in [-0.3, -0.25) is 4.90 Å². The van der Waals surface area contributed by atoms with Crippen molar-refractivity contribution in [2.24, 2.45) is 5.92 Å². The van der Waals surface area contributed by atoms with E-state index in [9.17, 15) is 4.39 Å². The van der Waals surface area contributed by atoms with Crippen LogP contribution in [-0.2, 0) is 13.1 Å². The SMILES string of the molecule is Cc1cnc(-c2ccccc2)n1C[C@H]1CCCN(Cc2cccc(F)c2)C1. The second kappa shape index (κ2) is 8.05. The van der Waals surface area contributed by atoms with Crippen molar-refractivity contribution in [2.75, 3.05) is 13.1 Å². The van der Waals surface area contributed by atoms with Crippen molar-refractivity contribution in [1.82, 2.24) is 14.5 Å². The molecule has 1 aliphatic heterocycles. The van der Waals surface area contributed by atoms with Crippen LogP contribution in [0.2, 0.25) is 0 Å². The van der Waals surface area contributed by atoms with Gasteiger partial charge in [-0.1, -0.05) is 42.5 Å². The van der Waals surface area contributed by atoms with E-state index in [0.717, 1.165) is 43.1 Å². The molecular formula is C23H26FN3. The Kier molecular flexibility index (Phi) is 5.35. The van der Waals surface area contributed by atoms with Crippen LogP contribution in [0.15, 0.2) is 60.8 Å². The molecule has 3 aromatic rings. The molecule has 4 heteroatoms. The summed E-state index contributed by atoms with van der Waals surface area (Å²) in [5.74, 6) is 1.49. The molecule has 1 aliphatic rings. The number of hydrogen-bond donors (Lipinski definition) is 0. The molecule has 0 amide bonds. The highest BCUT2D eigenvalue weighted by molar-refractivity contribution is 5.55. The summed E-state index contributed by atoms with van der Waals surface area (Å²) >= 11 is 0. The van der Waals surface area contributed by atoms with Crippen molar-refractivity contribution in [3.63, 3.8) is 0 Å². The molecule has 1 fully saturated rings. The quantitative estimate of drug-likeness (QED) is 0.642. The Labute approximate surface area is 160 Å². The summed E-state index contributed by atoms with van der Waals surface area (Å²) in [5, 5.41) is 0. The number of aromatic nitrogens is 2. The zero-order chi connectivity index (χ0) is 18.6. The highest BCUT2D eigenvalue weighted by Gasteiger charge is 2.22. The van der Waals surface area contributed by atoms with Gasteiger partial charge in [0.15, 0.2) is 0 Å². The number of rotatable bonds is 5. The maximum Gasteiger partial charge on any atom is 0.140 e. The number of nitrogens with zero attached hydrogens (tertiary/aromatic N) is 3. The lowest BCUT2D eigenvalue weighted by Gasteiger charge is -2.33. The molecular weight excluding hydrogens is 337 g/mol. The van der Waals surface area contributed by atoms with E-state index in [1.807, 2.05) is 18.3 Å². The first-order chi connectivity index (χ1) is 13.2. The van der Waals surface area contributed by atoms with Gasteiger partial charge in [-0.2, -0.15) is 0 Å². The molecule has 2 aromatic carbocycles. The fourth-order valence-corrected chi connectivity index (χ4v) is 4.10. The summed E-state index contributed by atoms with van der Waals surface area (Å²) in [6.07, 6.45) is 4.38. The molecule has 0 bridgehead atoms.